The molecule has 0 unspecified atom stereocenters. The summed E-state index contributed by atoms with van der Waals surface area (Å²) in [4.78, 5) is 25.5. The Labute approximate surface area is 169 Å². The molecule has 1 amide bonds. The average molecular weight is 418 g/mol. The molecular formula is C20H22N2O6S. The largest absolute Gasteiger partial charge is 0.493 e. The first kappa shape index (κ1) is 20.7. The fourth-order valence-corrected chi connectivity index (χ4v) is 4.99. The molecule has 0 aliphatic carbocycles. The van der Waals surface area contributed by atoms with Crippen LogP contribution in [-0.2, 0) is 16.6 Å². The van der Waals surface area contributed by atoms with Crippen LogP contribution in [0.5, 0.6) is 11.5 Å². The molecule has 1 aromatic heterocycles. The van der Waals surface area contributed by atoms with E-state index < -0.39 is 28.3 Å². The maximum atomic E-state index is 12.9. The summed E-state index contributed by atoms with van der Waals surface area (Å²) in [6.07, 6.45) is 1.71. The van der Waals surface area contributed by atoms with Crippen LogP contribution in [0.2, 0.25) is 0 Å². The average Bonchev–Trinajstić information content (AvgIpc) is 3.07. The highest BCUT2D eigenvalue weighted by Crippen LogP contribution is 2.38. The molecule has 3 rings (SSSR count). The van der Waals surface area contributed by atoms with Gasteiger partial charge in [0, 0.05) is 29.6 Å². The van der Waals surface area contributed by atoms with E-state index in [-0.39, 0.29) is 22.0 Å². The first-order valence-electron chi connectivity index (χ1n) is 8.81. The van der Waals surface area contributed by atoms with Crippen molar-refractivity contribution < 1.29 is 27.5 Å². The Bertz CT molecular complexity index is 1130. The van der Waals surface area contributed by atoms with E-state index in [2.05, 4.69) is 6.58 Å². The number of Topliss-reactive ketones (excluding diaryl/α,β-unsaturated/α-hetero) is 1. The van der Waals surface area contributed by atoms with Crippen LogP contribution >= 0.6 is 0 Å². The molecule has 1 aliphatic rings. The standard InChI is InChI=1S/C20H22N2O6S/c1-6-7-21-12(2)8-14(13(21)3)16(23)11-22-20(24)15-9-17(27-4)18(28-5)10-19(15)29(22,25)26/h6,8-10H,1,7,11H2,2-5H3. The predicted molar refractivity (Wildman–Crippen MR) is 106 cm³/mol. The Kier molecular flexibility index (Phi) is 5.27. The molecule has 1 aromatic carbocycles. The van der Waals surface area contributed by atoms with Crippen LogP contribution in [0.4, 0.5) is 0 Å². The van der Waals surface area contributed by atoms with Crippen molar-refractivity contribution in [2.45, 2.75) is 25.3 Å². The van der Waals surface area contributed by atoms with E-state index in [4.69, 9.17) is 9.47 Å². The second kappa shape index (κ2) is 7.40. The molecule has 9 heteroatoms. The minimum Gasteiger partial charge on any atom is -0.493 e. The number of nitrogens with zero attached hydrogens (tertiary/aromatic N) is 2. The van der Waals surface area contributed by atoms with Crippen molar-refractivity contribution in [3.63, 3.8) is 0 Å². The van der Waals surface area contributed by atoms with Gasteiger partial charge in [0.05, 0.1) is 19.8 Å². The number of aryl methyl sites for hydroxylation is 1. The van der Waals surface area contributed by atoms with E-state index in [0.29, 0.717) is 22.1 Å². The summed E-state index contributed by atoms with van der Waals surface area (Å²) in [5.74, 6) is -0.814. The number of amides is 1. The van der Waals surface area contributed by atoms with Gasteiger partial charge >= 0.3 is 0 Å². The van der Waals surface area contributed by atoms with Gasteiger partial charge in [-0.1, -0.05) is 6.08 Å². The lowest BCUT2D eigenvalue weighted by Gasteiger charge is -2.14. The molecule has 29 heavy (non-hydrogen) atoms. The van der Waals surface area contributed by atoms with E-state index in [1.165, 1.54) is 26.4 Å². The third-order valence-electron chi connectivity index (χ3n) is 4.98. The summed E-state index contributed by atoms with van der Waals surface area (Å²) < 4.78 is 38.6. The number of carbonyl (C=O) groups excluding carboxylic acids is 2. The van der Waals surface area contributed by atoms with Crippen LogP contribution in [-0.4, -0.2) is 49.7 Å². The normalized spacial score (nSPS) is 14.6. The first-order chi connectivity index (χ1) is 13.7. The Hall–Kier alpha value is -3.07. The molecule has 0 spiro atoms. The number of ketones is 1. The van der Waals surface area contributed by atoms with Gasteiger partial charge in [-0.15, -0.1) is 6.58 Å². The van der Waals surface area contributed by atoms with Crippen LogP contribution < -0.4 is 9.47 Å². The van der Waals surface area contributed by atoms with Gasteiger partial charge in [0.15, 0.2) is 17.3 Å². The lowest BCUT2D eigenvalue weighted by Crippen LogP contribution is -2.35. The zero-order chi connectivity index (χ0) is 21.5. The number of hydrogen-bond donors (Lipinski definition) is 0. The second-order valence-corrected chi connectivity index (χ2v) is 8.46. The summed E-state index contributed by atoms with van der Waals surface area (Å²) in [5.41, 5.74) is 1.86. The molecule has 2 heterocycles. The number of methoxy groups -OCH3 is 2. The van der Waals surface area contributed by atoms with Gasteiger partial charge in [0.25, 0.3) is 15.9 Å². The summed E-state index contributed by atoms with van der Waals surface area (Å²) in [5, 5.41) is 0. The van der Waals surface area contributed by atoms with Crippen LogP contribution in [0, 0.1) is 13.8 Å². The van der Waals surface area contributed by atoms with Gasteiger partial charge in [0.1, 0.15) is 11.4 Å². The Morgan fingerprint density at radius 1 is 1.14 bits per heavy atom. The van der Waals surface area contributed by atoms with Crippen molar-refractivity contribution in [2.24, 2.45) is 0 Å². The highest BCUT2D eigenvalue weighted by atomic mass is 32.2. The molecule has 0 saturated heterocycles. The molecule has 0 N–H and O–H groups in total. The van der Waals surface area contributed by atoms with Crippen molar-refractivity contribution in [3.8, 4) is 11.5 Å². The minimum absolute atomic E-state index is 0.0485. The number of sulfonamides is 1. The number of benzene rings is 1. The molecule has 0 radical (unpaired) electrons. The second-order valence-electron chi connectivity index (χ2n) is 6.63. The Balaban J connectivity index is 1.98. The fraction of sp³-hybridized carbons (Fsp3) is 0.300. The van der Waals surface area contributed by atoms with E-state index in [1.54, 1.807) is 19.1 Å². The summed E-state index contributed by atoms with van der Waals surface area (Å²) in [6, 6.07) is 4.24. The van der Waals surface area contributed by atoms with Gasteiger partial charge in [-0.2, -0.15) is 0 Å². The summed E-state index contributed by atoms with van der Waals surface area (Å²) in [6.45, 7) is 7.26. The molecule has 154 valence electrons. The van der Waals surface area contributed by atoms with E-state index in [0.717, 1.165) is 5.69 Å². The smallest absolute Gasteiger partial charge is 0.269 e. The van der Waals surface area contributed by atoms with Crippen molar-refractivity contribution in [1.29, 1.82) is 0 Å². The van der Waals surface area contributed by atoms with Crippen molar-refractivity contribution in [3.05, 3.63) is 53.4 Å². The zero-order valence-electron chi connectivity index (χ0n) is 16.7. The topological polar surface area (TPSA) is 94.9 Å². The number of fused-ring (bicyclic) bond motifs is 1. The lowest BCUT2D eigenvalue weighted by atomic mass is 10.1. The van der Waals surface area contributed by atoms with Crippen LogP contribution in [0.15, 0.2) is 35.7 Å². The monoisotopic (exact) mass is 418 g/mol. The number of aromatic nitrogens is 1. The number of carbonyl (C=O) groups is 2. The third kappa shape index (κ3) is 3.21. The van der Waals surface area contributed by atoms with Gasteiger partial charge in [-0.25, -0.2) is 12.7 Å². The van der Waals surface area contributed by atoms with Crippen LogP contribution in [0.1, 0.15) is 32.1 Å². The van der Waals surface area contributed by atoms with Gasteiger partial charge in [-0.05, 0) is 26.0 Å². The van der Waals surface area contributed by atoms with Gasteiger partial charge in [-0.3, -0.25) is 9.59 Å². The van der Waals surface area contributed by atoms with E-state index in [9.17, 15) is 18.0 Å². The van der Waals surface area contributed by atoms with Gasteiger partial charge < -0.3 is 14.0 Å². The molecule has 8 nitrogen and oxygen atoms in total. The minimum atomic E-state index is -4.18. The number of hydrogen-bond acceptors (Lipinski definition) is 6. The quantitative estimate of drug-likeness (QED) is 0.506. The van der Waals surface area contributed by atoms with Crippen molar-refractivity contribution >= 4 is 21.7 Å². The van der Waals surface area contributed by atoms with Crippen LogP contribution in [0.25, 0.3) is 0 Å². The first-order valence-corrected chi connectivity index (χ1v) is 10.2. The Morgan fingerprint density at radius 3 is 2.34 bits per heavy atom. The molecule has 0 fully saturated rings. The number of rotatable bonds is 7. The SMILES string of the molecule is C=CCn1c(C)cc(C(=O)CN2C(=O)c3cc(OC)c(OC)cc3S2(=O)=O)c1C. The summed E-state index contributed by atoms with van der Waals surface area (Å²) >= 11 is 0. The zero-order valence-corrected chi connectivity index (χ0v) is 17.5. The molecule has 2 aromatic rings. The molecule has 0 saturated carbocycles. The predicted octanol–water partition coefficient (Wildman–Crippen LogP) is 2.34. The molecule has 0 bridgehead atoms. The Morgan fingerprint density at radius 2 is 1.76 bits per heavy atom. The third-order valence-corrected chi connectivity index (χ3v) is 6.75. The lowest BCUT2D eigenvalue weighted by molar-refractivity contribution is 0.0820. The van der Waals surface area contributed by atoms with Gasteiger partial charge in [0.2, 0.25) is 0 Å². The molecule has 1 aliphatic heterocycles. The summed E-state index contributed by atoms with van der Waals surface area (Å²) in [7, 11) is -1.42. The maximum Gasteiger partial charge on any atom is 0.269 e. The highest BCUT2D eigenvalue weighted by Gasteiger charge is 2.43. The number of ether oxygens (including phenoxy) is 2. The van der Waals surface area contributed by atoms with Crippen molar-refractivity contribution in [1.82, 2.24) is 8.87 Å². The van der Waals surface area contributed by atoms with E-state index in [1.807, 2.05) is 11.5 Å². The highest BCUT2D eigenvalue weighted by molar-refractivity contribution is 7.90. The molecular weight excluding hydrogens is 396 g/mol. The molecule has 0 atom stereocenters. The van der Waals surface area contributed by atoms with E-state index >= 15 is 0 Å². The number of allylic oxidation sites excluding steroid dienone is 1. The van der Waals surface area contributed by atoms with Crippen molar-refractivity contribution in [2.75, 3.05) is 20.8 Å². The maximum absolute atomic E-state index is 12.9. The fourth-order valence-electron chi connectivity index (χ4n) is 3.47. The van der Waals surface area contributed by atoms with Crippen LogP contribution in [0.3, 0.4) is 0 Å².